The molecule has 112 valence electrons. The summed E-state index contributed by atoms with van der Waals surface area (Å²) in [6.07, 6.45) is 0. The Hall–Kier alpha value is -1.88. The topological polar surface area (TPSA) is 52.0 Å². The molecule has 0 radical (unpaired) electrons. The maximum absolute atomic E-state index is 5.46. The third-order valence-corrected chi connectivity index (χ3v) is 3.94. The van der Waals surface area contributed by atoms with E-state index in [2.05, 4.69) is 40.9 Å². The van der Waals surface area contributed by atoms with Crippen molar-refractivity contribution in [2.24, 2.45) is 5.41 Å². The molecule has 1 atom stereocenters. The van der Waals surface area contributed by atoms with E-state index in [1.54, 1.807) is 7.11 Å². The van der Waals surface area contributed by atoms with Crippen molar-refractivity contribution >= 4 is 0 Å². The minimum atomic E-state index is 0.100. The van der Waals surface area contributed by atoms with Crippen molar-refractivity contribution in [3.05, 3.63) is 30.1 Å². The molecule has 0 bridgehead atoms. The lowest BCUT2D eigenvalue weighted by Crippen LogP contribution is -2.40. The molecule has 0 fully saturated rings. The van der Waals surface area contributed by atoms with Crippen molar-refractivity contribution in [3.63, 3.8) is 0 Å². The number of hydrogen-bond acceptors (Lipinski definition) is 4. The number of para-hydroxylation sites is 1. The molecule has 1 unspecified atom stereocenters. The summed E-state index contributed by atoms with van der Waals surface area (Å²) in [5.74, 6) is 2.73. The second kappa shape index (κ2) is 5.15. The molecule has 3 rings (SSSR count). The molecule has 5 heteroatoms. The van der Waals surface area contributed by atoms with Crippen LogP contribution in [0.4, 0.5) is 0 Å². The molecule has 0 aliphatic carbocycles. The van der Waals surface area contributed by atoms with Gasteiger partial charge >= 0.3 is 0 Å². The van der Waals surface area contributed by atoms with Crippen molar-refractivity contribution in [3.8, 4) is 17.1 Å². The molecule has 1 aliphatic heterocycles. The number of benzene rings is 1. The summed E-state index contributed by atoms with van der Waals surface area (Å²) in [6.45, 7) is 8.46. The smallest absolute Gasteiger partial charge is 0.167 e. The van der Waals surface area contributed by atoms with E-state index in [0.29, 0.717) is 0 Å². The molecular formula is C16H22N4O. The van der Waals surface area contributed by atoms with Gasteiger partial charge in [-0.25, -0.2) is 0 Å². The highest BCUT2D eigenvalue weighted by Crippen LogP contribution is 2.36. The van der Waals surface area contributed by atoms with Crippen LogP contribution in [0.3, 0.4) is 0 Å². The Morgan fingerprint density at radius 2 is 2.00 bits per heavy atom. The fourth-order valence-corrected chi connectivity index (χ4v) is 2.88. The van der Waals surface area contributed by atoms with Gasteiger partial charge in [-0.05, 0) is 17.5 Å². The highest BCUT2D eigenvalue weighted by molar-refractivity contribution is 5.64. The van der Waals surface area contributed by atoms with Crippen LogP contribution in [-0.2, 0) is 6.54 Å². The van der Waals surface area contributed by atoms with Gasteiger partial charge in [-0.15, -0.1) is 10.2 Å². The van der Waals surface area contributed by atoms with Crippen LogP contribution in [0, 0.1) is 5.41 Å². The molecule has 0 saturated carbocycles. The number of aromatic nitrogens is 3. The van der Waals surface area contributed by atoms with E-state index in [4.69, 9.17) is 4.74 Å². The van der Waals surface area contributed by atoms with Crippen LogP contribution >= 0.6 is 0 Å². The van der Waals surface area contributed by atoms with Gasteiger partial charge in [0, 0.05) is 13.1 Å². The normalized spacial score (nSPS) is 18.4. The van der Waals surface area contributed by atoms with E-state index in [1.165, 1.54) is 0 Å². The van der Waals surface area contributed by atoms with Gasteiger partial charge in [0.2, 0.25) is 0 Å². The first-order valence-electron chi connectivity index (χ1n) is 7.32. The molecule has 5 nitrogen and oxygen atoms in total. The second-order valence-corrected chi connectivity index (χ2v) is 6.49. The molecule has 1 N–H and O–H groups in total. The van der Waals surface area contributed by atoms with Crippen LogP contribution < -0.4 is 10.1 Å². The number of fused-ring (bicyclic) bond motifs is 1. The molecule has 1 aromatic heterocycles. The van der Waals surface area contributed by atoms with Crippen LogP contribution in [0.25, 0.3) is 11.4 Å². The Bertz CT molecular complexity index is 642. The molecule has 21 heavy (non-hydrogen) atoms. The predicted octanol–water partition coefficient (Wildman–Crippen LogP) is 2.64. The molecular weight excluding hydrogens is 264 g/mol. The SMILES string of the molecule is COc1ccccc1-c1nnc2n1CCNC2C(C)(C)C. The Kier molecular flexibility index (Phi) is 3.45. The van der Waals surface area contributed by atoms with E-state index < -0.39 is 0 Å². The van der Waals surface area contributed by atoms with Gasteiger partial charge in [-0.1, -0.05) is 32.9 Å². The van der Waals surface area contributed by atoms with Crippen LogP contribution in [0.1, 0.15) is 32.6 Å². The van der Waals surface area contributed by atoms with Crippen molar-refractivity contribution < 1.29 is 4.74 Å². The Balaban J connectivity index is 2.10. The fraction of sp³-hybridized carbons (Fsp3) is 0.500. The van der Waals surface area contributed by atoms with Crippen molar-refractivity contribution in [2.75, 3.05) is 13.7 Å². The van der Waals surface area contributed by atoms with E-state index in [-0.39, 0.29) is 11.5 Å². The zero-order chi connectivity index (χ0) is 15.0. The maximum atomic E-state index is 5.46. The average Bonchev–Trinajstić information content (AvgIpc) is 2.89. The molecule has 0 amide bonds. The van der Waals surface area contributed by atoms with Crippen LogP contribution in [0.15, 0.2) is 24.3 Å². The number of ether oxygens (including phenoxy) is 1. The van der Waals surface area contributed by atoms with Crippen molar-refractivity contribution in [1.29, 1.82) is 0 Å². The summed E-state index contributed by atoms with van der Waals surface area (Å²) in [7, 11) is 1.69. The summed E-state index contributed by atoms with van der Waals surface area (Å²) < 4.78 is 7.67. The highest BCUT2D eigenvalue weighted by atomic mass is 16.5. The van der Waals surface area contributed by atoms with Gasteiger partial charge in [0.25, 0.3) is 0 Å². The van der Waals surface area contributed by atoms with Gasteiger partial charge in [0.15, 0.2) is 11.6 Å². The molecule has 2 heterocycles. The first kappa shape index (κ1) is 14.1. The lowest BCUT2D eigenvalue weighted by atomic mass is 9.85. The Morgan fingerprint density at radius 3 is 2.71 bits per heavy atom. The van der Waals surface area contributed by atoms with E-state index >= 15 is 0 Å². The summed E-state index contributed by atoms with van der Waals surface area (Å²) >= 11 is 0. The van der Waals surface area contributed by atoms with Crippen LogP contribution in [0.2, 0.25) is 0 Å². The van der Waals surface area contributed by atoms with Gasteiger partial charge in [-0.2, -0.15) is 0 Å². The van der Waals surface area contributed by atoms with Gasteiger partial charge in [-0.3, -0.25) is 0 Å². The minimum absolute atomic E-state index is 0.100. The number of nitrogens with zero attached hydrogens (tertiary/aromatic N) is 3. The average molecular weight is 286 g/mol. The quantitative estimate of drug-likeness (QED) is 0.922. The molecule has 2 aromatic rings. The Labute approximate surface area is 125 Å². The molecule has 0 saturated heterocycles. The number of methoxy groups -OCH3 is 1. The van der Waals surface area contributed by atoms with Crippen molar-refractivity contribution in [1.82, 2.24) is 20.1 Å². The summed E-state index contributed by atoms with van der Waals surface area (Å²) in [4.78, 5) is 0. The van der Waals surface area contributed by atoms with E-state index in [0.717, 1.165) is 36.1 Å². The van der Waals surface area contributed by atoms with Crippen LogP contribution in [-0.4, -0.2) is 28.4 Å². The van der Waals surface area contributed by atoms with Crippen molar-refractivity contribution in [2.45, 2.75) is 33.4 Å². The third kappa shape index (κ3) is 2.42. The number of nitrogens with one attached hydrogen (secondary N) is 1. The van der Waals surface area contributed by atoms with Crippen LogP contribution in [0.5, 0.6) is 5.75 Å². The largest absolute Gasteiger partial charge is 0.496 e. The first-order chi connectivity index (χ1) is 10.0. The lowest BCUT2D eigenvalue weighted by Gasteiger charge is -2.34. The lowest BCUT2D eigenvalue weighted by molar-refractivity contribution is 0.233. The first-order valence-corrected chi connectivity index (χ1v) is 7.32. The van der Waals surface area contributed by atoms with Gasteiger partial charge in [0.05, 0.1) is 18.7 Å². The van der Waals surface area contributed by atoms with Gasteiger partial charge < -0.3 is 14.6 Å². The monoisotopic (exact) mass is 286 g/mol. The zero-order valence-corrected chi connectivity index (χ0v) is 13.1. The third-order valence-electron chi connectivity index (χ3n) is 3.94. The zero-order valence-electron chi connectivity index (χ0n) is 13.1. The van der Waals surface area contributed by atoms with E-state index in [1.807, 2.05) is 24.3 Å². The highest BCUT2D eigenvalue weighted by Gasteiger charge is 2.34. The summed E-state index contributed by atoms with van der Waals surface area (Å²) in [5.41, 5.74) is 1.09. The number of hydrogen-bond donors (Lipinski definition) is 1. The number of rotatable bonds is 2. The minimum Gasteiger partial charge on any atom is -0.496 e. The molecule has 1 aromatic carbocycles. The predicted molar refractivity (Wildman–Crippen MR) is 82.2 cm³/mol. The molecule has 0 spiro atoms. The summed E-state index contributed by atoms with van der Waals surface area (Å²) in [5, 5.41) is 12.4. The fourth-order valence-electron chi connectivity index (χ4n) is 2.88. The second-order valence-electron chi connectivity index (χ2n) is 6.49. The Morgan fingerprint density at radius 1 is 1.24 bits per heavy atom. The maximum Gasteiger partial charge on any atom is 0.167 e. The van der Waals surface area contributed by atoms with Gasteiger partial charge in [0.1, 0.15) is 5.75 Å². The molecule has 1 aliphatic rings. The van der Waals surface area contributed by atoms with E-state index in [9.17, 15) is 0 Å². The summed E-state index contributed by atoms with van der Waals surface area (Å²) in [6, 6.07) is 8.17. The standard InChI is InChI=1S/C16H22N4O/c1-16(2,3)13-15-19-18-14(20(15)10-9-17-13)11-7-5-6-8-12(11)21-4/h5-8,13,17H,9-10H2,1-4H3.